The average Bonchev–Trinajstić information content (AvgIpc) is 3.03. The summed E-state index contributed by atoms with van der Waals surface area (Å²) in [7, 11) is 0. The van der Waals surface area contributed by atoms with Gasteiger partial charge in [0.25, 0.3) is 0 Å². The number of anilines is 1. The Balaban J connectivity index is 1.82. The number of fused-ring (bicyclic) bond motifs is 6. The highest BCUT2D eigenvalue weighted by Crippen LogP contribution is 2.61. The standard InChI is InChI=1S/C24H30N2O/c1-14-9-10-18-19-8-7-13-25-22(19)27-21(18)20(14)26-17(4)23(5)11-12-24(26,6)16(3)15(23)2/h7-10,13,15-17H,11-12H2,1-6H3/t15?,16?,17-,23?,24?/m0/s1. The number of hydrogen-bond acceptors (Lipinski definition) is 3. The van der Waals surface area contributed by atoms with Gasteiger partial charge in [-0.2, -0.15) is 0 Å². The molecule has 142 valence electrons. The third-order valence-electron chi connectivity index (χ3n) is 8.67. The molecule has 27 heavy (non-hydrogen) atoms. The molecule has 0 N–H and O–H groups in total. The van der Waals surface area contributed by atoms with Crippen molar-refractivity contribution >= 4 is 27.8 Å². The van der Waals surface area contributed by atoms with Crippen LogP contribution in [0.5, 0.6) is 0 Å². The van der Waals surface area contributed by atoms with Crippen molar-refractivity contribution in [3.05, 3.63) is 36.0 Å². The highest BCUT2D eigenvalue weighted by Gasteiger charge is 2.60. The molecule has 6 rings (SSSR count). The summed E-state index contributed by atoms with van der Waals surface area (Å²) in [6, 6.07) is 9.05. The summed E-state index contributed by atoms with van der Waals surface area (Å²) in [5.41, 5.74) is 4.81. The van der Waals surface area contributed by atoms with Gasteiger partial charge in [0, 0.05) is 28.6 Å². The molecule has 3 heteroatoms. The smallest absolute Gasteiger partial charge is 0.227 e. The van der Waals surface area contributed by atoms with Gasteiger partial charge in [-0.15, -0.1) is 0 Å². The molecule has 4 heterocycles. The Morgan fingerprint density at radius 2 is 1.81 bits per heavy atom. The molecular weight excluding hydrogens is 332 g/mol. The first-order valence-electron chi connectivity index (χ1n) is 10.4. The van der Waals surface area contributed by atoms with Crippen molar-refractivity contribution in [3.63, 3.8) is 0 Å². The van der Waals surface area contributed by atoms with E-state index in [0.29, 0.717) is 17.4 Å². The number of piperidine rings is 2. The second kappa shape index (κ2) is 5.27. The molecule has 2 bridgehead atoms. The maximum atomic E-state index is 6.36. The highest BCUT2D eigenvalue weighted by molar-refractivity contribution is 6.08. The molecule has 3 aliphatic rings. The summed E-state index contributed by atoms with van der Waals surface area (Å²) >= 11 is 0. The third-order valence-corrected chi connectivity index (χ3v) is 8.67. The Bertz CT molecular complexity index is 1050. The summed E-state index contributed by atoms with van der Waals surface area (Å²) in [6.45, 7) is 14.6. The minimum atomic E-state index is 0.155. The number of rotatable bonds is 1. The van der Waals surface area contributed by atoms with E-state index in [4.69, 9.17) is 4.42 Å². The lowest BCUT2D eigenvalue weighted by Crippen LogP contribution is -2.72. The molecule has 0 amide bonds. The first-order chi connectivity index (χ1) is 12.8. The van der Waals surface area contributed by atoms with E-state index in [1.54, 1.807) is 0 Å². The maximum absolute atomic E-state index is 6.36. The fourth-order valence-electron chi connectivity index (χ4n) is 6.26. The molecule has 3 aromatic rings. The van der Waals surface area contributed by atoms with E-state index in [1.165, 1.54) is 29.5 Å². The van der Waals surface area contributed by atoms with E-state index in [9.17, 15) is 0 Å². The molecule has 1 aliphatic carbocycles. The first kappa shape index (κ1) is 17.1. The van der Waals surface area contributed by atoms with Gasteiger partial charge >= 0.3 is 0 Å². The summed E-state index contributed by atoms with van der Waals surface area (Å²) in [6.07, 6.45) is 4.37. The number of benzene rings is 1. The minimum Gasteiger partial charge on any atom is -0.436 e. The number of aryl methyl sites for hydroxylation is 1. The van der Waals surface area contributed by atoms with Crippen LogP contribution in [0, 0.1) is 24.2 Å². The molecule has 0 spiro atoms. The van der Waals surface area contributed by atoms with Crippen LogP contribution in [0.4, 0.5) is 5.69 Å². The van der Waals surface area contributed by atoms with Crippen LogP contribution >= 0.6 is 0 Å². The van der Waals surface area contributed by atoms with E-state index in [2.05, 4.69) is 69.6 Å². The van der Waals surface area contributed by atoms with Crippen molar-refractivity contribution in [1.82, 2.24) is 4.98 Å². The van der Waals surface area contributed by atoms with Crippen molar-refractivity contribution in [3.8, 4) is 0 Å². The Labute approximate surface area is 161 Å². The number of hydrogen-bond donors (Lipinski definition) is 0. The molecule has 3 nitrogen and oxygen atoms in total. The Kier molecular flexibility index (Phi) is 3.34. The van der Waals surface area contributed by atoms with Gasteiger partial charge in [-0.1, -0.05) is 32.9 Å². The van der Waals surface area contributed by atoms with Crippen LogP contribution in [0.25, 0.3) is 22.1 Å². The van der Waals surface area contributed by atoms with Gasteiger partial charge in [-0.05, 0) is 68.6 Å². The maximum Gasteiger partial charge on any atom is 0.227 e. The molecule has 1 aromatic carbocycles. The van der Waals surface area contributed by atoms with Crippen molar-refractivity contribution in [2.24, 2.45) is 17.3 Å². The van der Waals surface area contributed by atoms with Crippen LogP contribution in [0.1, 0.15) is 53.0 Å². The SMILES string of the molecule is Cc1ccc2c(oc3ncccc32)c1N1[C@@H](C)C2(C)CCC1(C)C(C)C2C. The topological polar surface area (TPSA) is 29.3 Å². The largest absolute Gasteiger partial charge is 0.436 e. The molecule has 5 atom stereocenters. The summed E-state index contributed by atoms with van der Waals surface area (Å²) < 4.78 is 6.36. The Morgan fingerprint density at radius 1 is 1.04 bits per heavy atom. The lowest BCUT2D eigenvalue weighted by molar-refractivity contribution is -0.0523. The Hall–Kier alpha value is -2.03. The van der Waals surface area contributed by atoms with Crippen LogP contribution in [-0.4, -0.2) is 16.6 Å². The number of pyridine rings is 1. The number of furan rings is 1. The van der Waals surface area contributed by atoms with E-state index < -0.39 is 0 Å². The van der Waals surface area contributed by atoms with Gasteiger partial charge in [-0.25, -0.2) is 4.98 Å². The lowest BCUT2D eigenvalue weighted by atomic mass is 9.50. The van der Waals surface area contributed by atoms with Crippen molar-refractivity contribution in [1.29, 1.82) is 0 Å². The van der Waals surface area contributed by atoms with Gasteiger partial charge in [0.2, 0.25) is 5.71 Å². The Morgan fingerprint density at radius 3 is 2.59 bits per heavy atom. The molecule has 0 radical (unpaired) electrons. The molecular formula is C24H30N2O. The zero-order chi connectivity index (χ0) is 19.1. The van der Waals surface area contributed by atoms with Gasteiger partial charge in [-0.3, -0.25) is 0 Å². The summed E-state index contributed by atoms with van der Waals surface area (Å²) in [4.78, 5) is 7.20. The average molecular weight is 363 g/mol. The van der Waals surface area contributed by atoms with Crippen LogP contribution in [0.3, 0.4) is 0 Å². The first-order valence-corrected chi connectivity index (χ1v) is 10.4. The van der Waals surface area contributed by atoms with Gasteiger partial charge in [0.15, 0.2) is 5.58 Å². The fraction of sp³-hybridized carbons (Fsp3) is 0.542. The van der Waals surface area contributed by atoms with Crippen LogP contribution in [0.2, 0.25) is 0 Å². The zero-order valence-corrected chi connectivity index (χ0v) is 17.3. The van der Waals surface area contributed by atoms with Gasteiger partial charge < -0.3 is 9.32 Å². The lowest BCUT2D eigenvalue weighted by Gasteiger charge is -2.68. The molecule has 2 aliphatic heterocycles. The molecule has 2 aromatic heterocycles. The summed E-state index contributed by atoms with van der Waals surface area (Å²) in [5, 5.41) is 2.29. The van der Waals surface area contributed by atoms with Gasteiger partial charge in [0.05, 0.1) is 5.69 Å². The van der Waals surface area contributed by atoms with Crippen molar-refractivity contribution in [2.45, 2.75) is 66.0 Å². The van der Waals surface area contributed by atoms with E-state index in [0.717, 1.165) is 22.6 Å². The normalized spacial score (nSPS) is 36.1. The van der Waals surface area contributed by atoms with Crippen LogP contribution < -0.4 is 4.90 Å². The molecule has 3 fully saturated rings. The van der Waals surface area contributed by atoms with E-state index in [1.807, 2.05) is 12.3 Å². The second-order valence-corrected chi connectivity index (χ2v) is 9.55. The van der Waals surface area contributed by atoms with Crippen LogP contribution in [-0.2, 0) is 0 Å². The van der Waals surface area contributed by atoms with E-state index >= 15 is 0 Å². The quantitative estimate of drug-likeness (QED) is 0.506. The minimum absolute atomic E-state index is 0.155. The number of aromatic nitrogens is 1. The molecule has 1 saturated carbocycles. The van der Waals surface area contributed by atoms with Gasteiger partial charge in [0.1, 0.15) is 0 Å². The van der Waals surface area contributed by atoms with E-state index in [-0.39, 0.29) is 5.54 Å². The van der Waals surface area contributed by atoms with Crippen LogP contribution in [0.15, 0.2) is 34.9 Å². The highest BCUT2D eigenvalue weighted by atomic mass is 16.3. The summed E-state index contributed by atoms with van der Waals surface area (Å²) in [5.74, 6) is 1.36. The third kappa shape index (κ3) is 1.95. The fourth-order valence-corrected chi connectivity index (χ4v) is 6.26. The van der Waals surface area contributed by atoms with Crippen molar-refractivity contribution in [2.75, 3.05) is 4.90 Å². The van der Waals surface area contributed by atoms with Crippen molar-refractivity contribution < 1.29 is 4.42 Å². The predicted molar refractivity (Wildman–Crippen MR) is 112 cm³/mol. The zero-order valence-electron chi connectivity index (χ0n) is 17.3. The monoisotopic (exact) mass is 362 g/mol. The molecule has 4 unspecified atom stereocenters. The second-order valence-electron chi connectivity index (χ2n) is 9.55. The number of nitrogens with zero attached hydrogens (tertiary/aromatic N) is 2. The predicted octanol–water partition coefficient (Wildman–Crippen LogP) is 6.33. The molecule has 2 saturated heterocycles.